The average Bonchev–Trinajstić information content (AvgIpc) is 2.33. The second-order valence-electron chi connectivity index (χ2n) is 5.55. The molecule has 18 heavy (non-hydrogen) atoms. The Morgan fingerprint density at radius 2 is 1.83 bits per heavy atom. The van der Waals surface area contributed by atoms with E-state index in [0.29, 0.717) is 6.61 Å². The van der Waals surface area contributed by atoms with Crippen molar-refractivity contribution in [3.8, 4) is 0 Å². The van der Waals surface area contributed by atoms with Crippen molar-refractivity contribution in [2.24, 2.45) is 5.41 Å². The zero-order valence-corrected chi connectivity index (χ0v) is 11.6. The molecule has 3 nitrogen and oxygen atoms in total. The Kier molecular flexibility index (Phi) is 5.83. The van der Waals surface area contributed by atoms with Gasteiger partial charge in [-0.2, -0.15) is 0 Å². The van der Waals surface area contributed by atoms with Crippen molar-refractivity contribution in [2.75, 3.05) is 6.61 Å². The molecule has 0 aliphatic rings. The number of esters is 1. The summed E-state index contributed by atoms with van der Waals surface area (Å²) >= 11 is 0. The second-order valence-corrected chi connectivity index (χ2v) is 5.55. The number of hydrogen-bond donors (Lipinski definition) is 0. The summed E-state index contributed by atoms with van der Waals surface area (Å²) in [7, 11) is 0. The zero-order valence-electron chi connectivity index (χ0n) is 11.6. The van der Waals surface area contributed by atoms with Crippen molar-refractivity contribution < 1.29 is 9.53 Å². The van der Waals surface area contributed by atoms with E-state index in [2.05, 4.69) is 4.98 Å². The van der Waals surface area contributed by atoms with Crippen LogP contribution in [0.25, 0.3) is 0 Å². The number of aromatic nitrogens is 1. The van der Waals surface area contributed by atoms with Crippen molar-refractivity contribution in [1.82, 2.24) is 4.98 Å². The highest BCUT2D eigenvalue weighted by molar-refractivity contribution is 5.75. The molecule has 0 N–H and O–H groups in total. The summed E-state index contributed by atoms with van der Waals surface area (Å²) in [5.41, 5.74) is 0.925. The van der Waals surface area contributed by atoms with Gasteiger partial charge in [-0.25, -0.2) is 0 Å². The molecule has 0 aromatic carbocycles. The minimum atomic E-state index is -0.392. The van der Waals surface area contributed by atoms with Gasteiger partial charge in [-0.1, -0.05) is 0 Å². The monoisotopic (exact) mass is 249 g/mol. The van der Waals surface area contributed by atoms with E-state index < -0.39 is 5.41 Å². The SMILES string of the molecule is CC(C)(C)C(=O)OCCCCCc1ccncc1. The molecular weight excluding hydrogens is 226 g/mol. The maximum absolute atomic E-state index is 11.5. The lowest BCUT2D eigenvalue weighted by Gasteiger charge is -2.16. The normalized spacial score (nSPS) is 11.3. The van der Waals surface area contributed by atoms with E-state index in [9.17, 15) is 4.79 Å². The van der Waals surface area contributed by atoms with Crippen LogP contribution >= 0.6 is 0 Å². The largest absolute Gasteiger partial charge is 0.465 e. The molecule has 0 fully saturated rings. The summed E-state index contributed by atoms with van der Waals surface area (Å²) < 4.78 is 5.21. The summed E-state index contributed by atoms with van der Waals surface area (Å²) in [6.07, 6.45) is 7.85. The van der Waals surface area contributed by atoms with Crippen molar-refractivity contribution in [2.45, 2.75) is 46.5 Å². The Morgan fingerprint density at radius 1 is 1.17 bits per heavy atom. The number of carbonyl (C=O) groups excluding carboxylic acids is 1. The summed E-state index contributed by atoms with van der Waals surface area (Å²) in [4.78, 5) is 15.5. The van der Waals surface area contributed by atoms with Gasteiger partial charge in [0, 0.05) is 12.4 Å². The molecule has 1 aromatic rings. The number of aryl methyl sites for hydroxylation is 1. The maximum atomic E-state index is 11.5. The lowest BCUT2D eigenvalue weighted by molar-refractivity contribution is -0.153. The van der Waals surface area contributed by atoms with Crippen molar-refractivity contribution in [3.63, 3.8) is 0 Å². The first kappa shape index (κ1) is 14.7. The Bertz CT molecular complexity index is 355. The number of rotatable bonds is 6. The first-order chi connectivity index (χ1) is 8.50. The minimum absolute atomic E-state index is 0.114. The van der Waals surface area contributed by atoms with Gasteiger partial charge in [-0.3, -0.25) is 9.78 Å². The number of pyridine rings is 1. The molecule has 100 valence electrons. The fraction of sp³-hybridized carbons (Fsp3) is 0.600. The van der Waals surface area contributed by atoms with Crippen LogP contribution in [0.3, 0.4) is 0 Å². The Balaban J connectivity index is 2.05. The summed E-state index contributed by atoms with van der Waals surface area (Å²) in [6, 6.07) is 4.08. The van der Waals surface area contributed by atoms with Crippen LogP contribution in [0.1, 0.15) is 45.6 Å². The Labute approximate surface area is 110 Å². The highest BCUT2D eigenvalue weighted by atomic mass is 16.5. The van der Waals surface area contributed by atoms with Crippen LogP contribution in [0.15, 0.2) is 24.5 Å². The predicted octanol–water partition coefficient (Wildman–Crippen LogP) is 3.38. The molecule has 0 bridgehead atoms. The first-order valence-corrected chi connectivity index (χ1v) is 6.56. The van der Waals surface area contributed by atoms with Crippen molar-refractivity contribution in [3.05, 3.63) is 30.1 Å². The van der Waals surface area contributed by atoms with Crippen molar-refractivity contribution in [1.29, 1.82) is 0 Å². The van der Waals surface area contributed by atoms with Crippen LogP contribution in [-0.2, 0) is 16.0 Å². The van der Waals surface area contributed by atoms with Crippen LogP contribution in [-0.4, -0.2) is 17.6 Å². The zero-order chi connectivity index (χ0) is 13.4. The lowest BCUT2D eigenvalue weighted by Crippen LogP contribution is -2.23. The number of hydrogen-bond acceptors (Lipinski definition) is 3. The number of unbranched alkanes of at least 4 members (excludes halogenated alkanes) is 2. The topological polar surface area (TPSA) is 39.2 Å². The third-order valence-electron chi connectivity index (χ3n) is 2.70. The molecule has 0 saturated carbocycles. The molecule has 1 aromatic heterocycles. The van der Waals surface area contributed by atoms with E-state index in [-0.39, 0.29) is 5.97 Å². The molecule has 3 heteroatoms. The molecule has 0 spiro atoms. The van der Waals surface area contributed by atoms with Gasteiger partial charge in [0.1, 0.15) is 0 Å². The van der Waals surface area contributed by atoms with Crippen LogP contribution in [0, 0.1) is 5.41 Å². The molecule has 0 amide bonds. The van der Waals surface area contributed by atoms with E-state index in [0.717, 1.165) is 25.7 Å². The summed E-state index contributed by atoms with van der Waals surface area (Å²) in [5.74, 6) is -0.114. The van der Waals surface area contributed by atoms with Gasteiger partial charge < -0.3 is 4.74 Å². The molecule has 0 saturated heterocycles. The van der Waals surface area contributed by atoms with Gasteiger partial charge in [0.05, 0.1) is 12.0 Å². The molecule has 1 heterocycles. The highest BCUT2D eigenvalue weighted by Gasteiger charge is 2.22. The summed E-state index contributed by atoms with van der Waals surface area (Å²) in [6.45, 7) is 6.16. The van der Waals surface area contributed by atoms with Gasteiger partial charge in [-0.05, 0) is 64.2 Å². The predicted molar refractivity (Wildman–Crippen MR) is 72.2 cm³/mol. The molecule has 1 rings (SSSR count). The fourth-order valence-corrected chi connectivity index (χ4v) is 1.54. The smallest absolute Gasteiger partial charge is 0.311 e. The van der Waals surface area contributed by atoms with Gasteiger partial charge >= 0.3 is 5.97 Å². The standard InChI is InChI=1S/C15H23NO2/c1-15(2,3)14(17)18-12-6-4-5-7-13-8-10-16-11-9-13/h8-11H,4-7,12H2,1-3H3. The van der Waals surface area contributed by atoms with E-state index in [1.165, 1.54) is 5.56 Å². The van der Waals surface area contributed by atoms with E-state index in [4.69, 9.17) is 4.74 Å². The Hall–Kier alpha value is -1.38. The number of ether oxygens (including phenoxy) is 1. The quantitative estimate of drug-likeness (QED) is 0.573. The summed E-state index contributed by atoms with van der Waals surface area (Å²) in [5, 5.41) is 0. The second kappa shape index (κ2) is 7.14. The highest BCUT2D eigenvalue weighted by Crippen LogP contribution is 2.15. The maximum Gasteiger partial charge on any atom is 0.311 e. The lowest BCUT2D eigenvalue weighted by atomic mass is 9.97. The van der Waals surface area contributed by atoms with Gasteiger partial charge in [0.2, 0.25) is 0 Å². The molecule has 0 atom stereocenters. The average molecular weight is 249 g/mol. The minimum Gasteiger partial charge on any atom is -0.465 e. The van der Waals surface area contributed by atoms with Gasteiger partial charge in [0.25, 0.3) is 0 Å². The third kappa shape index (κ3) is 5.80. The molecule has 0 aliphatic carbocycles. The van der Waals surface area contributed by atoms with Crippen molar-refractivity contribution >= 4 is 5.97 Å². The Morgan fingerprint density at radius 3 is 2.44 bits per heavy atom. The first-order valence-electron chi connectivity index (χ1n) is 6.56. The third-order valence-corrected chi connectivity index (χ3v) is 2.70. The van der Waals surface area contributed by atoms with Gasteiger partial charge in [0.15, 0.2) is 0 Å². The van der Waals surface area contributed by atoms with E-state index in [1.54, 1.807) is 0 Å². The molecular formula is C15H23NO2. The van der Waals surface area contributed by atoms with Gasteiger partial charge in [-0.15, -0.1) is 0 Å². The van der Waals surface area contributed by atoms with Crippen LogP contribution in [0.5, 0.6) is 0 Å². The molecule has 0 unspecified atom stereocenters. The fourth-order valence-electron chi connectivity index (χ4n) is 1.54. The van der Waals surface area contributed by atoms with Crippen LogP contribution in [0.2, 0.25) is 0 Å². The van der Waals surface area contributed by atoms with E-state index >= 15 is 0 Å². The number of carbonyl (C=O) groups is 1. The number of nitrogens with zero attached hydrogens (tertiary/aromatic N) is 1. The molecule has 0 aliphatic heterocycles. The van der Waals surface area contributed by atoms with E-state index in [1.807, 2.05) is 45.3 Å². The van der Waals surface area contributed by atoms with Crippen LogP contribution in [0.4, 0.5) is 0 Å². The molecule has 0 radical (unpaired) electrons. The van der Waals surface area contributed by atoms with Crippen LogP contribution < -0.4 is 0 Å².